The summed E-state index contributed by atoms with van der Waals surface area (Å²) in [6.07, 6.45) is 2.42. The van der Waals surface area contributed by atoms with Gasteiger partial charge in [-0.15, -0.1) is 0 Å². The van der Waals surface area contributed by atoms with Gasteiger partial charge in [-0.3, -0.25) is 14.4 Å². The van der Waals surface area contributed by atoms with Crippen LogP contribution in [0.4, 0.5) is 5.69 Å². The van der Waals surface area contributed by atoms with E-state index >= 15 is 0 Å². The fraction of sp³-hybridized carbons (Fsp3) is 0.441. The van der Waals surface area contributed by atoms with Gasteiger partial charge in [0.15, 0.2) is 29.7 Å². The molecule has 42 heavy (non-hydrogen) atoms. The van der Waals surface area contributed by atoms with Crippen LogP contribution >= 0.6 is 22.6 Å². The molecule has 222 valence electrons. The van der Waals surface area contributed by atoms with Gasteiger partial charge in [0.25, 0.3) is 5.91 Å². The maximum absolute atomic E-state index is 13.9. The van der Waals surface area contributed by atoms with Gasteiger partial charge in [-0.25, -0.2) is 0 Å². The molecular formula is C34H39IN2O5. The van der Waals surface area contributed by atoms with Gasteiger partial charge in [-0.2, -0.15) is 0 Å². The van der Waals surface area contributed by atoms with Crippen molar-refractivity contribution < 1.29 is 23.9 Å². The van der Waals surface area contributed by atoms with Crippen LogP contribution in [0.25, 0.3) is 0 Å². The second-order valence-electron chi connectivity index (χ2n) is 13.0. The molecule has 0 fully saturated rings. The first-order chi connectivity index (χ1) is 19.8. The maximum atomic E-state index is 13.9. The number of hydrogen-bond donors (Lipinski definition) is 1. The minimum absolute atomic E-state index is 0.0979. The van der Waals surface area contributed by atoms with Crippen molar-refractivity contribution in [3.05, 3.63) is 74.1 Å². The molecule has 0 aromatic heterocycles. The average Bonchev–Trinajstić information content (AvgIpc) is 2.90. The molecule has 0 spiro atoms. The SMILES string of the molecule is CCN1C2=C(C(=O)CC(C)(C)C2)C(c2cc(I)c(OCC(=O)Nc3ccccc3)c(OC)c2)C2=C1CC(C)(C)CC2=O. The lowest BCUT2D eigenvalue weighted by Gasteiger charge is -2.49. The molecule has 3 aliphatic rings. The third-order valence-electron chi connectivity index (χ3n) is 8.33. The number of Topliss-reactive ketones (excluding diaryl/α,β-unsaturated/α-hetero) is 2. The van der Waals surface area contributed by atoms with Crippen LogP contribution < -0.4 is 14.8 Å². The normalized spacial score (nSPS) is 19.8. The summed E-state index contributed by atoms with van der Waals surface area (Å²) >= 11 is 2.18. The van der Waals surface area contributed by atoms with Crippen LogP contribution in [-0.2, 0) is 14.4 Å². The quantitative estimate of drug-likeness (QED) is 0.316. The molecule has 0 atom stereocenters. The summed E-state index contributed by atoms with van der Waals surface area (Å²) in [5, 5.41) is 2.83. The summed E-state index contributed by atoms with van der Waals surface area (Å²) in [6, 6.07) is 13.0. The molecule has 0 unspecified atom stereocenters. The minimum Gasteiger partial charge on any atom is -0.493 e. The number of rotatable bonds is 7. The third kappa shape index (κ3) is 5.87. The highest BCUT2D eigenvalue weighted by molar-refractivity contribution is 14.1. The predicted molar refractivity (Wildman–Crippen MR) is 171 cm³/mol. The van der Waals surface area contributed by atoms with E-state index in [0.29, 0.717) is 36.6 Å². The van der Waals surface area contributed by atoms with Gasteiger partial charge in [-0.1, -0.05) is 45.9 Å². The maximum Gasteiger partial charge on any atom is 0.262 e. The molecule has 0 radical (unpaired) electrons. The second-order valence-corrected chi connectivity index (χ2v) is 14.2. The van der Waals surface area contributed by atoms with E-state index in [2.05, 4.69) is 67.4 Å². The molecule has 1 N–H and O–H groups in total. The standard InChI is InChI=1S/C34H39IN2O5/c1-7-37-23-15-33(2,3)17-25(38)30(23)29(31-24(37)16-34(4,5)18-26(31)39)20-13-22(35)32(27(14-20)41-6)42-19-28(40)36-21-11-9-8-10-12-21/h8-14,29H,7,15-19H2,1-6H3,(H,36,40). The lowest BCUT2D eigenvalue weighted by molar-refractivity contribution is -0.120. The Hall–Kier alpha value is -3.14. The highest BCUT2D eigenvalue weighted by atomic mass is 127. The van der Waals surface area contributed by atoms with Gasteiger partial charge >= 0.3 is 0 Å². The van der Waals surface area contributed by atoms with E-state index in [9.17, 15) is 14.4 Å². The Morgan fingerprint density at radius 3 is 2.05 bits per heavy atom. The number of nitrogens with zero attached hydrogens (tertiary/aromatic N) is 1. The van der Waals surface area contributed by atoms with E-state index in [-0.39, 0.29) is 34.9 Å². The molecule has 5 rings (SSSR count). The predicted octanol–water partition coefficient (Wildman–Crippen LogP) is 7.02. The molecular weight excluding hydrogens is 643 g/mol. The molecule has 1 heterocycles. The number of methoxy groups -OCH3 is 1. The van der Waals surface area contributed by atoms with Crippen LogP contribution in [0, 0.1) is 14.4 Å². The first-order valence-corrected chi connectivity index (χ1v) is 15.6. The first-order valence-electron chi connectivity index (χ1n) is 14.5. The van der Waals surface area contributed by atoms with Crippen molar-refractivity contribution in [3.63, 3.8) is 0 Å². The van der Waals surface area contributed by atoms with E-state index in [1.54, 1.807) is 7.11 Å². The molecule has 0 bridgehead atoms. The van der Waals surface area contributed by atoms with Crippen molar-refractivity contribution in [1.29, 1.82) is 0 Å². The largest absolute Gasteiger partial charge is 0.493 e. The van der Waals surface area contributed by atoms with Gasteiger partial charge in [-0.05, 0) is 83.0 Å². The van der Waals surface area contributed by atoms with Crippen molar-refractivity contribution in [2.24, 2.45) is 10.8 Å². The van der Waals surface area contributed by atoms with Crippen molar-refractivity contribution in [2.45, 2.75) is 66.2 Å². The van der Waals surface area contributed by atoms with Crippen molar-refractivity contribution >= 4 is 45.8 Å². The molecule has 0 saturated carbocycles. The zero-order valence-electron chi connectivity index (χ0n) is 25.2. The number of ether oxygens (including phenoxy) is 2. The topological polar surface area (TPSA) is 84.9 Å². The highest BCUT2D eigenvalue weighted by Gasteiger charge is 2.48. The molecule has 8 heteroatoms. The van der Waals surface area contributed by atoms with Gasteiger partial charge in [0.2, 0.25) is 0 Å². The van der Waals surface area contributed by atoms with Crippen molar-refractivity contribution in [1.82, 2.24) is 4.90 Å². The van der Waals surface area contributed by atoms with Gasteiger partial charge in [0.1, 0.15) is 0 Å². The van der Waals surface area contributed by atoms with E-state index in [0.717, 1.165) is 44.5 Å². The summed E-state index contributed by atoms with van der Waals surface area (Å²) in [7, 11) is 1.56. The van der Waals surface area contributed by atoms with Crippen LogP contribution in [0.2, 0.25) is 0 Å². The number of para-hydroxylation sites is 1. The number of carbonyl (C=O) groups excluding carboxylic acids is 3. The number of anilines is 1. The zero-order chi connectivity index (χ0) is 30.4. The molecule has 1 aliphatic heterocycles. The van der Waals surface area contributed by atoms with E-state index < -0.39 is 5.92 Å². The summed E-state index contributed by atoms with van der Waals surface area (Å²) in [4.78, 5) is 42.7. The number of benzene rings is 2. The Kier molecular flexibility index (Phi) is 8.31. The third-order valence-corrected chi connectivity index (χ3v) is 9.13. The number of amides is 1. The Labute approximate surface area is 261 Å². The molecule has 2 aliphatic carbocycles. The number of nitrogens with one attached hydrogen (secondary N) is 1. The fourth-order valence-corrected chi connectivity index (χ4v) is 7.45. The van der Waals surface area contributed by atoms with E-state index in [1.807, 2.05) is 42.5 Å². The van der Waals surface area contributed by atoms with Crippen LogP contribution in [-0.4, -0.2) is 42.6 Å². The van der Waals surface area contributed by atoms with Crippen LogP contribution in [0.5, 0.6) is 11.5 Å². The molecule has 7 nitrogen and oxygen atoms in total. The first kappa shape index (κ1) is 30.3. The van der Waals surface area contributed by atoms with Crippen LogP contribution in [0.3, 0.4) is 0 Å². The summed E-state index contributed by atoms with van der Waals surface area (Å²) < 4.78 is 12.5. The van der Waals surface area contributed by atoms with Gasteiger partial charge in [0.05, 0.1) is 10.7 Å². The molecule has 2 aromatic rings. The Morgan fingerprint density at radius 1 is 0.952 bits per heavy atom. The van der Waals surface area contributed by atoms with Gasteiger partial charge in [0, 0.05) is 53.5 Å². The number of carbonyl (C=O) groups is 3. The molecule has 1 amide bonds. The van der Waals surface area contributed by atoms with Crippen molar-refractivity contribution in [2.75, 3.05) is 25.6 Å². The summed E-state index contributed by atoms with van der Waals surface area (Å²) in [5.74, 6) is 0.348. The van der Waals surface area contributed by atoms with E-state index in [1.165, 1.54) is 0 Å². The lowest BCUT2D eigenvalue weighted by Crippen LogP contribution is -2.44. The van der Waals surface area contributed by atoms with Crippen LogP contribution in [0.1, 0.15) is 71.8 Å². The number of halogens is 1. The highest BCUT2D eigenvalue weighted by Crippen LogP contribution is 2.55. The van der Waals surface area contributed by atoms with Gasteiger partial charge < -0.3 is 19.7 Å². The van der Waals surface area contributed by atoms with Crippen LogP contribution in [0.15, 0.2) is 65.0 Å². The molecule has 2 aromatic carbocycles. The smallest absolute Gasteiger partial charge is 0.262 e. The number of allylic oxidation sites excluding steroid dienone is 4. The Balaban J connectivity index is 1.57. The average molecular weight is 683 g/mol. The fourth-order valence-electron chi connectivity index (χ4n) is 6.67. The van der Waals surface area contributed by atoms with E-state index in [4.69, 9.17) is 9.47 Å². The zero-order valence-corrected chi connectivity index (χ0v) is 27.4. The molecule has 0 saturated heterocycles. The lowest BCUT2D eigenvalue weighted by atomic mass is 9.63. The monoisotopic (exact) mass is 682 g/mol. The Morgan fingerprint density at radius 2 is 1.52 bits per heavy atom. The summed E-state index contributed by atoms with van der Waals surface area (Å²) in [5.41, 5.74) is 4.74. The minimum atomic E-state index is -0.470. The number of hydrogen-bond acceptors (Lipinski definition) is 6. The Bertz CT molecular complexity index is 1450. The van der Waals surface area contributed by atoms with Crippen molar-refractivity contribution in [3.8, 4) is 11.5 Å². The summed E-state index contributed by atoms with van der Waals surface area (Å²) in [6.45, 7) is 11.2. The number of ketones is 2. The second kappa shape index (κ2) is 11.5.